The molecule has 10 atom stereocenters. The third-order valence-corrected chi connectivity index (χ3v) is 12.4. The zero-order valence-corrected chi connectivity index (χ0v) is 24.2. The molecule has 5 heterocycles. The third-order valence-electron chi connectivity index (χ3n) is 9.40. The van der Waals surface area contributed by atoms with Crippen LogP contribution in [-0.2, 0) is 19.1 Å². The summed E-state index contributed by atoms with van der Waals surface area (Å²) in [6.07, 6.45) is 8.05. The fourth-order valence-electron chi connectivity index (χ4n) is 7.31. The number of ether oxygens (including phenoxy) is 2. The summed E-state index contributed by atoms with van der Waals surface area (Å²) in [5.74, 6) is 2.81. The van der Waals surface area contributed by atoms with Crippen molar-refractivity contribution >= 4 is 35.2 Å². The minimum Gasteiger partial charge on any atom is -0.474 e. The normalized spacial score (nSPS) is 43.1. The second-order valence-electron chi connectivity index (χ2n) is 11.9. The molecule has 1 saturated carbocycles. The molecule has 39 heavy (non-hydrogen) atoms. The third kappa shape index (κ3) is 6.12. The number of thioether (sulfide) groups is 2. The maximum atomic E-state index is 13.1. The lowest BCUT2D eigenvalue weighted by molar-refractivity contribution is -0.122. The van der Waals surface area contributed by atoms with Crippen LogP contribution < -0.4 is 27.4 Å². The Morgan fingerprint density at radius 1 is 1.08 bits per heavy atom. The highest BCUT2D eigenvalue weighted by molar-refractivity contribution is 8.01. The minimum absolute atomic E-state index is 0.0534. The Balaban J connectivity index is 1.12. The zero-order valence-electron chi connectivity index (χ0n) is 22.6. The molecule has 1 aliphatic carbocycles. The van der Waals surface area contributed by atoms with Crippen molar-refractivity contribution in [1.29, 1.82) is 0 Å². The molecule has 0 radical (unpaired) electrons. The predicted octanol–water partition coefficient (Wildman–Crippen LogP) is -0.233. The van der Waals surface area contributed by atoms with E-state index < -0.39 is 6.04 Å². The summed E-state index contributed by atoms with van der Waals surface area (Å²) >= 11 is 3.72. The van der Waals surface area contributed by atoms with Crippen LogP contribution in [0.15, 0.2) is 12.0 Å². The van der Waals surface area contributed by atoms with Crippen molar-refractivity contribution in [3.8, 4) is 0 Å². The summed E-state index contributed by atoms with van der Waals surface area (Å²) in [5, 5.41) is 11.3. The number of fused-ring (bicyclic) bond motifs is 1. The molecule has 6 rings (SSSR count). The van der Waals surface area contributed by atoms with Gasteiger partial charge < -0.3 is 41.8 Å². The average molecular weight is 581 g/mol. The first-order valence-electron chi connectivity index (χ1n) is 14.8. The summed E-state index contributed by atoms with van der Waals surface area (Å²) in [7, 11) is 0. The van der Waals surface area contributed by atoms with Gasteiger partial charge in [-0.1, -0.05) is 12.8 Å². The fourth-order valence-corrected chi connectivity index (χ4v) is 10.5. The molecular formula is C27H44N6O4S2. The van der Waals surface area contributed by atoms with E-state index in [2.05, 4.69) is 20.9 Å². The summed E-state index contributed by atoms with van der Waals surface area (Å²) in [6, 6.07) is 0.544. The van der Waals surface area contributed by atoms with Gasteiger partial charge in [-0.05, 0) is 31.4 Å². The van der Waals surface area contributed by atoms with E-state index in [9.17, 15) is 9.59 Å². The first kappa shape index (κ1) is 28.1. The molecule has 4 saturated heterocycles. The number of hydrogen-bond acceptors (Lipinski definition) is 11. The van der Waals surface area contributed by atoms with Crippen LogP contribution in [0.25, 0.3) is 0 Å². The van der Waals surface area contributed by atoms with Crippen LogP contribution in [0.4, 0.5) is 0 Å². The van der Waals surface area contributed by atoms with E-state index >= 15 is 0 Å². The largest absolute Gasteiger partial charge is 0.474 e. The molecule has 6 aliphatic rings. The van der Waals surface area contributed by atoms with Gasteiger partial charge in [0.1, 0.15) is 17.4 Å². The van der Waals surface area contributed by atoms with Gasteiger partial charge in [-0.15, -0.1) is 11.8 Å². The van der Waals surface area contributed by atoms with E-state index in [1.807, 2.05) is 11.8 Å². The average Bonchev–Trinajstić information content (AvgIpc) is 3.57. The smallest absolute Gasteiger partial charge is 0.236 e. The second kappa shape index (κ2) is 12.5. The first-order chi connectivity index (χ1) is 19.0. The van der Waals surface area contributed by atoms with Gasteiger partial charge in [0, 0.05) is 72.8 Å². The lowest BCUT2D eigenvalue weighted by atomic mass is 9.87. The summed E-state index contributed by atoms with van der Waals surface area (Å²) in [4.78, 5) is 27.7. The topological polar surface area (TPSA) is 144 Å². The Hall–Kier alpha value is -1.02. The quantitative estimate of drug-likeness (QED) is 0.272. The Morgan fingerprint density at radius 2 is 1.90 bits per heavy atom. The van der Waals surface area contributed by atoms with Crippen molar-refractivity contribution in [2.75, 3.05) is 44.4 Å². The van der Waals surface area contributed by atoms with Crippen molar-refractivity contribution in [1.82, 2.24) is 20.9 Å². The number of nitrogens with zero attached hydrogens (tertiary/aromatic N) is 1. The van der Waals surface area contributed by atoms with Gasteiger partial charge in [0.15, 0.2) is 11.7 Å². The SMILES string of the molecule is NC(=O)C1NCC(N[C@H]2CCCC[C@H]2N)CC1NC1CCSC1C1CSC2C(=O)C=C(N3CCOCC3)OC21. The van der Waals surface area contributed by atoms with Crippen LogP contribution in [0.5, 0.6) is 0 Å². The number of piperidine rings is 1. The monoisotopic (exact) mass is 580 g/mol. The number of nitrogens with two attached hydrogens (primary N) is 2. The maximum absolute atomic E-state index is 13.1. The van der Waals surface area contributed by atoms with Crippen LogP contribution in [0.1, 0.15) is 38.5 Å². The Morgan fingerprint density at radius 3 is 2.69 bits per heavy atom. The van der Waals surface area contributed by atoms with Crippen LogP contribution >= 0.6 is 23.5 Å². The van der Waals surface area contributed by atoms with E-state index in [4.69, 9.17) is 20.9 Å². The van der Waals surface area contributed by atoms with E-state index in [1.54, 1.807) is 17.8 Å². The molecule has 218 valence electrons. The fraction of sp³-hybridized carbons (Fsp3) is 0.852. The number of amides is 1. The summed E-state index contributed by atoms with van der Waals surface area (Å²) in [5.41, 5.74) is 12.3. The number of ketones is 1. The number of hydrogen-bond donors (Lipinski definition) is 5. The van der Waals surface area contributed by atoms with E-state index in [1.165, 1.54) is 12.8 Å². The van der Waals surface area contributed by atoms with Gasteiger partial charge in [-0.2, -0.15) is 11.8 Å². The summed E-state index contributed by atoms with van der Waals surface area (Å²) in [6.45, 7) is 3.53. The van der Waals surface area contributed by atoms with Crippen molar-refractivity contribution in [2.24, 2.45) is 17.4 Å². The molecule has 7 N–H and O–H groups in total. The molecule has 0 spiro atoms. The molecule has 1 amide bonds. The minimum atomic E-state index is -0.400. The highest BCUT2D eigenvalue weighted by Crippen LogP contribution is 2.46. The number of allylic oxidation sites excluding steroid dienone is 1. The Bertz CT molecular complexity index is 936. The van der Waals surface area contributed by atoms with Crippen LogP contribution in [0.2, 0.25) is 0 Å². The lowest BCUT2D eigenvalue weighted by Gasteiger charge is -2.42. The summed E-state index contributed by atoms with van der Waals surface area (Å²) < 4.78 is 12.1. The number of carbonyl (C=O) groups excluding carboxylic acids is 2. The van der Waals surface area contributed by atoms with Crippen molar-refractivity contribution in [3.05, 3.63) is 12.0 Å². The molecule has 0 bridgehead atoms. The number of nitrogens with one attached hydrogen (secondary N) is 3. The van der Waals surface area contributed by atoms with Gasteiger partial charge in [0.05, 0.1) is 13.2 Å². The van der Waals surface area contributed by atoms with Gasteiger partial charge in [-0.25, -0.2) is 0 Å². The molecule has 0 aromatic heterocycles. The van der Waals surface area contributed by atoms with Crippen LogP contribution in [-0.4, -0.2) is 114 Å². The maximum Gasteiger partial charge on any atom is 0.236 e. The number of carbonyl (C=O) groups is 2. The molecule has 5 fully saturated rings. The van der Waals surface area contributed by atoms with Gasteiger partial charge in [-0.3, -0.25) is 9.59 Å². The Labute approximate surface area is 239 Å². The predicted molar refractivity (Wildman–Crippen MR) is 154 cm³/mol. The highest BCUT2D eigenvalue weighted by atomic mass is 32.2. The number of primary amides is 1. The highest BCUT2D eigenvalue weighted by Gasteiger charge is 2.52. The molecule has 5 aliphatic heterocycles. The van der Waals surface area contributed by atoms with Gasteiger partial charge in [0.25, 0.3) is 0 Å². The first-order valence-corrected chi connectivity index (χ1v) is 16.9. The molecule has 12 heteroatoms. The molecule has 10 nitrogen and oxygen atoms in total. The van der Waals surface area contributed by atoms with Crippen molar-refractivity contribution in [2.45, 2.75) is 91.4 Å². The van der Waals surface area contributed by atoms with E-state index in [0.717, 1.165) is 50.3 Å². The second-order valence-corrected chi connectivity index (χ2v) is 14.4. The molecule has 0 aromatic carbocycles. The van der Waals surface area contributed by atoms with Crippen molar-refractivity contribution in [3.63, 3.8) is 0 Å². The van der Waals surface area contributed by atoms with Crippen molar-refractivity contribution < 1.29 is 19.1 Å². The molecule has 8 unspecified atom stereocenters. The Kier molecular flexibility index (Phi) is 8.98. The molecule has 0 aromatic rings. The van der Waals surface area contributed by atoms with Gasteiger partial charge in [0.2, 0.25) is 5.91 Å². The van der Waals surface area contributed by atoms with Gasteiger partial charge >= 0.3 is 0 Å². The van der Waals surface area contributed by atoms with Crippen LogP contribution in [0, 0.1) is 5.92 Å². The zero-order chi connectivity index (χ0) is 26.9. The van der Waals surface area contributed by atoms with E-state index in [0.29, 0.717) is 36.9 Å². The van der Waals surface area contributed by atoms with Crippen LogP contribution in [0.3, 0.4) is 0 Å². The number of rotatable bonds is 7. The number of morpholine rings is 1. The standard InChI is InChI=1S/C27H44N6O4S2/c28-17-3-1-2-4-18(17)31-15-11-20(23(27(29)35)30-13-15)32-19-5-10-38-25(19)16-14-39-26-21(34)12-22(37-24(16)26)33-6-8-36-9-7-33/h12,15-20,23-26,30-32H,1-11,13-14,28H2,(H2,29,35)/t15?,16?,17-,18+,19?,20?,23?,24?,25?,26?/m1/s1. The molecular weight excluding hydrogens is 536 g/mol. The van der Waals surface area contributed by atoms with E-state index in [-0.39, 0.29) is 53.1 Å². The lowest BCUT2D eigenvalue weighted by Crippen LogP contribution is -2.67.